The molecule has 0 saturated carbocycles. The highest BCUT2D eigenvalue weighted by Crippen LogP contribution is 2.19. The van der Waals surface area contributed by atoms with Crippen molar-refractivity contribution in [2.45, 2.75) is 65.0 Å². The second-order valence-electron chi connectivity index (χ2n) is 5.44. The van der Waals surface area contributed by atoms with Crippen LogP contribution in [0.5, 0.6) is 0 Å². The van der Waals surface area contributed by atoms with Gasteiger partial charge in [0.25, 0.3) is 0 Å². The Kier molecular flexibility index (Phi) is 9.75. The molecule has 2 heterocycles. The van der Waals surface area contributed by atoms with Gasteiger partial charge in [0.2, 0.25) is 0 Å². The first-order valence-corrected chi connectivity index (χ1v) is 8.37. The molecule has 0 fully saturated rings. The Morgan fingerprint density at radius 2 is 1.55 bits per heavy atom. The Bertz CT molecular complexity index is 405. The van der Waals surface area contributed by atoms with E-state index in [0.29, 0.717) is 0 Å². The van der Waals surface area contributed by atoms with E-state index in [1.807, 2.05) is 18.2 Å². The van der Waals surface area contributed by atoms with Gasteiger partial charge in [0.05, 0.1) is 0 Å². The normalized spacial score (nSPS) is 16.4. The number of carbonyl (C=O) groups is 1. The number of allylic oxidation sites excluding steroid dienone is 2. The first-order valence-electron chi connectivity index (χ1n) is 8.37. The lowest BCUT2D eigenvalue weighted by Crippen LogP contribution is -2.34. The van der Waals surface area contributed by atoms with Gasteiger partial charge in [-0.25, -0.2) is 0 Å². The van der Waals surface area contributed by atoms with E-state index >= 15 is 0 Å². The Morgan fingerprint density at radius 3 is 1.95 bits per heavy atom. The number of pyridine rings is 1. The summed E-state index contributed by atoms with van der Waals surface area (Å²) in [4.78, 5) is 14.5. The molecule has 2 N–H and O–H groups in total. The molecule has 1 atom stereocenters. The third-order valence-electron chi connectivity index (χ3n) is 3.54. The molecular formula is C18H29N3O. The first kappa shape index (κ1) is 18.2. The molecule has 0 bridgehead atoms. The number of hydrogen-bond acceptors (Lipinski definition) is 4. The lowest BCUT2D eigenvalue weighted by Gasteiger charge is -2.05. The van der Waals surface area contributed by atoms with Crippen LogP contribution in [0, 0.1) is 0 Å². The maximum Gasteiger partial charge on any atom is 0.162 e. The van der Waals surface area contributed by atoms with Crippen molar-refractivity contribution in [1.29, 1.82) is 0 Å². The number of nitrogens with zero attached hydrogens (tertiary/aromatic N) is 1. The minimum Gasteiger partial charge on any atom is -0.361 e. The monoisotopic (exact) mass is 303 g/mol. The molecule has 0 aliphatic carbocycles. The number of carbonyl (C=O) groups excluding carboxylic acids is 1. The van der Waals surface area contributed by atoms with Gasteiger partial charge in [-0.2, -0.15) is 0 Å². The molecule has 1 unspecified atom stereocenters. The second kappa shape index (κ2) is 11.8. The van der Waals surface area contributed by atoms with Crippen LogP contribution < -0.4 is 10.6 Å². The molecular weight excluding hydrogens is 274 g/mol. The van der Waals surface area contributed by atoms with E-state index in [-0.39, 0.29) is 6.17 Å². The Balaban J connectivity index is 0.000000335. The van der Waals surface area contributed by atoms with Crippen LogP contribution in [0.25, 0.3) is 0 Å². The maximum atomic E-state index is 10.8. The van der Waals surface area contributed by atoms with Gasteiger partial charge in [-0.1, -0.05) is 39.2 Å². The van der Waals surface area contributed by atoms with Crippen molar-refractivity contribution >= 4 is 6.29 Å². The molecule has 122 valence electrons. The van der Waals surface area contributed by atoms with Gasteiger partial charge in [0, 0.05) is 23.8 Å². The van der Waals surface area contributed by atoms with E-state index in [1.165, 1.54) is 43.5 Å². The number of aldehydes is 1. The van der Waals surface area contributed by atoms with Gasteiger partial charge in [-0.05, 0) is 37.8 Å². The molecule has 22 heavy (non-hydrogen) atoms. The largest absolute Gasteiger partial charge is 0.361 e. The van der Waals surface area contributed by atoms with Crippen LogP contribution >= 0.6 is 0 Å². The average Bonchev–Trinajstić information content (AvgIpc) is 2.98. The van der Waals surface area contributed by atoms with Gasteiger partial charge in [-0.3, -0.25) is 9.78 Å². The number of hydrogen-bond donors (Lipinski definition) is 2. The first-order chi connectivity index (χ1) is 10.8. The van der Waals surface area contributed by atoms with Crippen molar-refractivity contribution < 1.29 is 4.79 Å². The SMILES string of the molecule is CCCCCC1=C(CCCC)NC(C=O)N1.c1ccncc1. The van der Waals surface area contributed by atoms with Crippen molar-refractivity contribution in [1.82, 2.24) is 15.6 Å². The Hall–Kier alpha value is -1.84. The molecule has 0 amide bonds. The molecule has 4 nitrogen and oxygen atoms in total. The zero-order valence-electron chi connectivity index (χ0n) is 13.8. The van der Waals surface area contributed by atoms with E-state index in [9.17, 15) is 4.79 Å². The van der Waals surface area contributed by atoms with E-state index in [0.717, 1.165) is 19.1 Å². The number of rotatable bonds is 8. The van der Waals surface area contributed by atoms with E-state index in [4.69, 9.17) is 0 Å². The fourth-order valence-electron chi connectivity index (χ4n) is 2.32. The Labute approximate surface area is 134 Å². The van der Waals surface area contributed by atoms with Crippen molar-refractivity contribution in [2.24, 2.45) is 0 Å². The summed E-state index contributed by atoms with van der Waals surface area (Å²) in [5.74, 6) is 0. The highest BCUT2D eigenvalue weighted by atomic mass is 16.1. The molecule has 4 heteroatoms. The summed E-state index contributed by atoms with van der Waals surface area (Å²) >= 11 is 0. The summed E-state index contributed by atoms with van der Waals surface area (Å²) in [6, 6.07) is 5.72. The van der Waals surface area contributed by atoms with Crippen molar-refractivity contribution in [3.8, 4) is 0 Å². The molecule has 0 radical (unpaired) electrons. The van der Waals surface area contributed by atoms with Crippen LogP contribution in [0.3, 0.4) is 0 Å². The lowest BCUT2D eigenvalue weighted by molar-refractivity contribution is -0.109. The van der Waals surface area contributed by atoms with Gasteiger partial charge < -0.3 is 10.6 Å². The summed E-state index contributed by atoms with van der Waals surface area (Å²) in [5.41, 5.74) is 2.52. The third-order valence-corrected chi connectivity index (χ3v) is 3.54. The highest BCUT2D eigenvalue weighted by molar-refractivity contribution is 5.59. The predicted molar refractivity (Wildman–Crippen MR) is 91.1 cm³/mol. The summed E-state index contributed by atoms with van der Waals surface area (Å²) in [5, 5.41) is 6.51. The molecule has 1 aliphatic heterocycles. The van der Waals surface area contributed by atoms with Crippen molar-refractivity contribution in [3.63, 3.8) is 0 Å². The van der Waals surface area contributed by atoms with Crippen LogP contribution in [0.15, 0.2) is 42.0 Å². The lowest BCUT2D eigenvalue weighted by atomic mass is 10.1. The zero-order valence-corrected chi connectivity index (χ0v) is 13.8. The van der Waals surface area contributed by atoms with E-state index in [2.05, 4.69) is 29.5 Å². The quantitative estimate of drug-likeness (QED) is 0.567. The molecule has 0 aromatic carbocycles. The molecule has 1 aliphatic rings. The van der Waals surface area contributed by atoms with Gasteiger partial charge in [-0.15, -0.1) is 0 Å². The smallest absolute Gasteiger partial charge is 0.162 e. The zero-order chi connectivity index (χ0) is 16.0. The molecule has 1 aromatic heterocycles. The predicted octanol–water partition coefficient (Wildman–Crippen LogP) is 3.77. The Morgan fingerprint density at radius 1 is 0.955 bits per heavy atom. The van der Waals surface area contributed by atoms with Crippen LogP contribution in [-0.4, -0.2) is 17.4 Å². The van der Waals surface area contributed by atoms with Crippen LogP contribution in [0.1, 0.15) is 58.8 Å². The summed E-state index contributed by atoms with van der Waals surface area (Å²) < 4.78 is 0. The summed E-state index contributed by atoms with van der Waals surface area (Å²) in [7, 11) is 0. The minimum atomic E-state index is -0.191. The van der Waals surface area contributed by atoms with Gasteiger partial charge in [0.15, 0.2) is 12.5 Å². The number of unbranched alkanes of at least 4 members (excludes halogenated alkanes) is 3. The van der Waals surface area contributed by atoms with Crippen molar-refractivity contribution in [2.75, 3.05) is 0 Å². The third kappa shape index (κ3) is 7.25. The maximum absolute atomic E-state index is 10.8. The van der Waals surface area contributed by atoms with Crippen LogP contribution in [-0.2, 0) is 4.79 Å². The van der Waals surface area contributed by atoms with Gasteiger partial charge in [0.1, 0.15) is 0 Å². The second-order valence-corrected chi connectivity index (χ2v) is 5.44. The molecule has 1 aromatic rings. The fraction of sp³-hybridized carbons (Fsp3) is 0.556. The highest BCUT2D eigenvalue weighted by Gasteiger charge is 2.20. The van der Waals surface area contributed by atoms with Crippen LogP contribution in [0.4, 0.5) is 0 Å². The molecule has 0 spiro atoms. The van der Waals surface area contributed by atoms with E-state index < -0.39 is 0 Å². The molecule has 2 rings (SSSR count). The van der Waals surface area contributed by atoms with Crippen molar-refractivity contribution in [3.05, 3.63) is 42.0 Å². The number of aromatic nitrogens is 1. The fourth-order valence-corrected chi connectivity index (χ4v) is 2.32. The summed E-state index contributed by atoms with van der Waals surface area (Å²) in [6.45, 7) is 4.40. The van der Waals surface area contributed by atoms with E-state index in [1.54, 1.807) is 12.4 Å². The van der Waals surface area contributed by atoms with Crippen LogP contribution in [0.2, 0.25) is 0 Å². The number of nitrogens with one attached hydrogen (secondary N) is 2. The minimum absolute atomic E-state index is 0.191. The average molecular weight is 303 g/mol. The standard InChI is InChI=1S/C13H24N2O.C5H5N/c1-3-5-7-9-12-11(8-6-4-2)14-13(10-16)15-12;1-2-4-6-5-3-1/h10,13-15H,3-9H2,1-2H3;1-5H. The topological polar surface area (TPSA) is 54.0 Å². The molecule has 0 saturated heterocycles. The summed E-state index contributed by atoms with van der Waals surface area (Å²) in [6.07, 6.45) is 12.5. The van der Waals surface area contributed by atoms with Gasteiger partial charge >= 0.3 is 0 Å².